The molecule has 0 unspecified atom stereocenters. The molecule has 0 saturated heterocycles. The Morgan fingerprint density at radius 1 is 1.35 bits per heavy atom. The summed E-state index contributed by atoms with van der Waals surface area (Å²) in [4.78, 5) is 0. The molecule has 1 aromatic carbocycles. The zero-order chi connectivity index (χ0) is 14.9. The van der Waals surface area contributed by atoms with Crippen molar-refractivity contribution in [3.05, 3.63) is 47.4 Å². The first-order valence-corrected chi connectivity index (χ1v) is 5.57. The number of benzene rings is 1. The first-order chi connectivity index (χ1) is 9.45. The zero-order valence-corrected chi connectivity index (χ0v) is 10.5. The summed E-state index contributed by atoms with van der Waals surface area (Å²) in [7, 11) is 0. The quantitative estimate of drug-likeness (QED) is 0.640. The van der Waals surface area contributed by atoms with Crippen molar-refractivity contribution < 1.29 is 13.2 Å². The van der Waals surface area contributed by atoms with Crippen molar-refractivity contribution in [3.63, 3.8) is 0 Å². The molecule has 0 N–H and O–H groups in total. The lowest BCUT2D eigenvalue weighted by Crippen LogP contribution is -2.05. The number of nitrogens with zero attached hydrogens (tertiary/aromatic N) is 4. The minimum atomic E-state index is -1.60. The van der Waals surface area contributed by atoms with Crippen LogP contribution in [0.25, 0.3) is 11.3 Å². The molecule has 0 bridgehead atoms. The molecule has 0 aliphatic heterocycles. The average molecular weight is 278 g/mol. The van der Waals surface area contributed by atoms with Crippen molar-refractivity contribution in [2.75, 3.05) is 0 Å². The number of rotatable bonds is 3. The van der Waals surface area contributed by atoms with Crippen molar-refractivity contribution in [1.29, 1.82) is 5.26 Å². The van der Waals surface area contributed by atoms with Crippen molar-refractivity contribution in [3.8, 4) is 17.3 Å². The standard InChI is InChI=1S/C13H9F3N4/c1-7(2)6-20-13(10(5-17)18-19-20)8-3-4-9(14)12(16)11(8)15/h3-4H,1,6H2,2H3. The second-order valence-corrected chi connectivity index (χ2v) is 4.24. The highest BCUT2D eigenvalue weighted by molar-refractivity contribution is 5.65. The first-order valence-electron chi connectivity index (χ1n) is 5.57. The van der Waals surface area contributed by atoms with Gasteiger partial charge in [-0.05, 0) is 19.1 Å². The van der Waals surface area contributed by atoms with Gasteiger partial charge in [0, 0.05) is 5.56 Å². The fraction of sp³-hybridized carbons (Fsp3) is 0.154. The van der Waals surface area contributed by atoms with Crippen LogP contribution in [0.5, 0.6) is 0 Å². The predicted octanol–water partition coefficient (Wildman–Crippen LogP) is 2.81. The Balaban J connectivity index is 2.69. The smallest absolute Gasteiger partial charge is 0.195 e. The summed E-state index contributed by atoms with van der Waals surface area (Å²) in [5.74, 6) is -4.29. The van der Waals surface area contributed by atoms with Gasteiger partial charge >= 0.3 is 0 Å². The maximum absolute atomic E-state index is 13.8. The molecular weight excluding hydrogens is 269 g/mol. The van der Waals surface area contributed by atoms with Crippen LogP contribution < -0.4 is 0 Å². The minimum Gasteiger partial charge on any atom is -0.239 e. The molecule has 0 saturated carbocycles. The van der Waals surface area contributed by atoms with Gasteiger partial charge in [-0.1, -0.05) is 17.4 Å². The van der Waals surface area contributed by atoms with Crippen LogP contribution in [0.3, 0.4) is 0 Å². The molecule has 102 valence electrons. The molecule has 0 radical (unpaired) electrons. The van der Waals surface area contributed by atoms with Crippen molar-refractivity contribution in [1.82, 2.24) is 15.0 Å². The van der Waals surface area contributed by atoms with E-state index in [-0.39, 0.29) is 23.5 Å². The third-order valence-electron chi connectivity index (χ3n) is 2.55. The summed E-state index contributed by atoms with van der Waals surface area (Å²) < 4.78 is 41.3. The number of allylic oxidation sites excluding steroid dienone is 1. The van der Waals surface area contributed by atoms with Crippen LogP contribution in [0.4, 0.5) is 13.2 Å². The highest BCUT2D eigenvalue weighted by atomic mass is 19.2. The lowest BCUT2D eigenvalue weighted by atomic mass is 10.1. The zero-order valence-electron chi connectivity index (χ0n) is 10.5. The third-order valence-corrected chi connectivity index (χ3v) is 2.55. The predicted molar refractivity (Wildman–Crippen MR) is 64.9 cm³/mol. The Morgan fingerprint density at radius 3 is 2.65 bits per heavy atom. The average Bonchev–Trinajstić information content (AvgIpc) is 2.78. The van der Waals surface area contributed by atoms with E-state index in [4.69, 9.17) is 5.26 Å². The van der Waals surface area contributed by atoms with Gasteiger partial charge in [0.2, 0.25) is 0 Å². The van der Waals surface area contributed by atoms with E-state index < -0.39 is 17.5 Å². The van der Waals surface area contributed by atoms with Crippen molar-refractivity contribution in [2.24, 2.45) is 0 Å². The lowest BCUT2D eigenvalue weighted by Gasteiger charge is -2.08. The van der Waals surface area contributed by atoms with Gasteiger partial charge in [0.25, 0.3) is 0 Å². The van der Waals surface area contributed by atoms with Gasteiger partial charge in [-0.2, -0.15) is 5.26 Å². The monoisotopic (exact) mass is 278 g/mol. The number of nitriles is 1. The molecule has 0 spiro atoms. The van der Waals surface area contributed by atoms with Crippen LogP contribution in [0.15, 0.2) is 24.3 Å². The van der Waals surface area contributed by atoms with Crippen LogP contribution in [0.2, 0.25) is 0 Å². The molecule has 4 nitrogen and oxygen atoms in total. The third kappa shape index (κ3) is 2.28. The molecule has 0 amide bonds. The summed E-state index contributed by atoms with van der Waals surface area (Å²) in [6.07, 6.45) is 0. The van der Waals surface area contributed by atoms with Gasteiger partial charge in [-0.25, -0.2) is 17.9 Å². The van der Waals surface area contributed by atoms with Gasteiger partial charge in [-0.15, -0.1) is 5.10 Å². The van der Waals surface area contributed by atoms with Crippen LogP contribution >= 0.6 is 0 Å². The summed E-state index contributed by atoms with van der Waals surface area (Å²) in [6, 6.07) is 3.57. The molecule has 2 aromatic rings. The van der Waals surface area contributed by atoms with E-state index in [1.165, 1.54) is 4.68 Å². The fourth-order valence-corrected chi connectivity index (χ4v) is 1.73. The molecule has 0 aliphatic carbocycles. The maximum atomic E-state index is 13.8. The second kappa shape index (κ2) is 5.17. The van der Waals surface area contributed by atoms with Crippen LogP contribution in [0, 0.1) is 28.8 Å². The van der Waals surface area contributed by atoms with Crippen LogP contribution in [-0.2, 0) is 6.54 Å². The Kier molecular flexibility index (Phi) is 3.57. The van der Waals surface area contributed by atoms with Crippen LogP contribution in [0.1, 0.15) is 12.6 Å². The maximum Gasteiger partial charge on any atom is 0.195 e. The topological polar surface area (TPSA) is 54.5 Å². The van der Waals surface area contributed by atoms with E-state index in [1.54, 1.807) is 13.0 Å². The van der Waals surface area contributed by atoms with E-state index >= 15 is 0 Å². The largest absolute Gasteiger partial charge is 0.239 e. The molecule has 0 atom stereocenters. The van der Waals surface area contributed by atoms with Gasteiger partial charge in [0.05, 0.1) is 6.54 Å². The van der Waals surface area contributed by atoms with Gasteiger partial charge < -0.3 is 0 Å². The van der Waals surface area contributed by atoms with E-state index in [0.29, 0.717) is 5.57 Å². The van der Waals surface area contributed by atoms with E-state index in [0.717, 1.165) is 12.1 Å². The van der Waals surface area contributed by atoms with Crippen molar-refractivity contribution >= 4 is 0 Å². The molecule has 7 heteroatoms. The normalized spacial score (nSPS) is 10.3. The van der Waals surface area contributed by atoms with Gasteiger partial charge in [0.15, 0.2) is 23.1 Å². The number of hydrogen-bond acceptors (Lipinski definition) is 3. The number of halogens is 3. The van der Waals surface area contributed by atoms with Crippen LogP contribution in [-0.4, -0.2) is 15.0 Å². The van der Waals surface area contributed by atoms with E-state index in [1.807, 2.05) is 0 Å². The van der Waals surface area contributed by atoms with Crippen molar-refractivity contribution in [2.45, 2.75) is 13.5 Å². The summed E-state index contributed by atoms with van der Waals surface area (Å²) >= 11 is 0. The van der Waals surface area contributed by atoms with E-state index in [9.17, 15) is 13.2 Å². The summed E-state index contributed by atoms with van der Waals surface area (Å²) in [6.45, 7) is 5.57. The number of aromatic nitrogens is 3. The van der Waals surface area contributed by atoms with Gasteiger partial charge in [0.1, 0.15) is 11.8 Å². The molecule has 1 heterocycles. The molecular formula is C13H9F3N4. The first kappa shape index (κ1) is 13.8. The molecule has 20 heavy (non-hydrogen) atoms. The Bertz CT molecular complexity index is 728. The molecule has 0 fully saturated rings. The summed E-state index contributed by atoms with van der Waals surface area (Å²) in [5, 5.41) is 16.2. The molecule has 1 aromatic heterocycles. The minimum absolute atomic E-state index is 0.00750. The Morgan fingerprint density at radius 2 is 2.05 bits per heavy atom. The second-order valence-electron chi connectivity index (χ2n) is 4.24. The van der Waals surface area contributed by atoms with Gasteiger partial charge in [-0.3, -0.25) is 0 Å². The van der Waals surface area contributed by atoms with E-state index in [2.05, 4.69) is 16.9 Å². The highest BCUT2D eigenvalue weighted by Crippen LogP contribution is 2.28. The Labute approximate surface area is 112 Å². The fourth-order valence-electron chi connectivity index (χ4n) is 1.73. The lowest BCUT2D eigenvalue weighted by molar-refractivity contribution is 0.448. The highest BCUT2D eigenvalue weighted by Gasteiger charge is 2.22. The SMILES string of the molecule is C=C(C)Cn1nnc(C#N)c1-c1ccc(F)c(F)c1F. The number of hydrogen-bond donors (Lipinski definition) is 0. The Hall–Kier alpha value is -2.62. The summed E-state index contributed by atoms with van der Waals surface area (Å²) in [5.41, 5.74) is 0.235. The molecule has 2 rings (SSSR count). The molecule has 0 aliphatic rings.